The van der Waals surface area contributed by atoms with Crippen LogP contribution in [0.5, 0.6) is 0 Å². The van der Waals surface area contributed by atoms with Crippen LogP contribution in [0.25, 0.3) is 22.3 Å². The lowest BCUT2D eigenvalue weighted by Gasteiger charge is -2.26. The molecule has 21 nitrogen and oxygen atoms in total. The van der Waals surface area contributed by atoms with E-state index in [1.54, 1.807) is 51.1 Å². The van der Waals surface area contributed by atoms with Crippen LogP contribution >= 0.6 is 21.2 Å². The Morgan fingerprint density at radius 1 is 0.967 bits per heavy atom. The number of carbonyl (C=O) groups is 3. The highest BCUT2D eigenvalue weighted by Crippen LogP contribution is 2.49. The smallest absolute Gasteiger partial charge is 0.364 e. The van der Waals surface area contributed by atoms with Crippen molar-refractivity contribution in [2.24, 2.45) is 5.92 Å². The van der Waals surface area contributed by atoms with Crippen molar-refractivity contribution in [3.63, 3.8) is 0 Å². The topological polar surface area (TPSA) is 262 Å². The van der Waals surface area contributed by atoms with Crippen molar-refractivity contribution < 1.29 is 50.9 Å². The number of anilines is 2. The van der Waals surface area contributed by atoms with E-state index in [0.29, 0.717) is 5.56 Å². The Labute approximate surface area is 350 Å². The number of H-pyrrole nitrogens is 1. The number of fused-ring (bicyclic) bond motifs is 2. The van der Waals surface area contributed by atoms with Gasteiger partial charge in [0.2, 0.25) is 11.9 Å². The van der Waals surface area contributed by atoms with Crippen LogP contribution < -0.4 is 16.2 Å². The number of imidazole rings is 2. The van der Waals surface area contributed by atoms with E-state index in [4.69, 9.17) is 27.8 Å². The Kier molecular flexibility index (Phi) is 13.6. The molecule has 2 saturated heterocycles. The molecule has 25 heteroatoms. The molecule has 0 aliphatic carbocycles. The average molecular weight is 886 g/mol. The van der Waals surface area contributed by atoms with Crippen LogP contribution in [-0.2, 0) is 32.6 Å². The van der Waals surface area contributed by atoms with Gasteiger partial charge in [0.1, 0.15) is 18.5 Å². The average Bonchev–Trinajstić information content (AvgIpc) is 4.01. The van der Waals surface area contributed by atoms with Crippen molar-refractivity contribution in [2.45, 2.75) is 82.8 Å². The molecule has 5 aromatic rings. The summed E-state index contributed by atoms with van der Waals surface area (Å²) in [5.74, 6) is -1.47. The Bertz CT molecular complexity index is 2490. The van der Waals surface area contributed by atoms with Crippen LogP contribution in [0.4, 0.5) is 25.3 Å². The summed E-state index contributed by atoms with van der Waals surface area (Å²) >= 11 is 3.68. The molecule has 2 aliphatic heterocycles. The number of amides is 2. The number of benzene rings is 1. The molecular formula is C36H38F2N11O10PS. The van der Waals surface area contributed by atoms with Crippen LogP contribution in [0.1, 0.15) is 56.4 Å². The third kappa shape index (κ3) is 9.37. The van der Waals surface area contributed by atoms with Gasteiger partial charge in [0.05, 0.1) is 44.5 Å². The van der Waals surface area contributed by atoms with Crippen molar-refractivity contribution >= 4 is 72.4 Å². The van der Waals surface area contributed by atoms with Gasteiger partial charge in [0, 0.05) is 11.5 Å². The number of nitrogens with zero attached hydrogens (tertiary/aromatic N) is 8. The van der Waals surface area contributed by atoms with Gasteiger partial charge in [-0.3, -0.25) is 33.8 Å². The molecule has 0 spiro atoms. The summed E-state index contributed by atoms with van der Waals surface area (Å²) in [6, 6.07) is 10.3. The zero-order valence-corrected chi connectivity index (χ0v) is 34.2. The second-order valence-electron chi connectivity index (χ2n) is 13.9. The van der Waals surface area contributed by atoms with Gasteiger partial charge in [-0.1, -0.05) is 51.6 Å². The largest absolute Gasteiger partial charge is 0.448 e. The highest BCUT2D eigenvalue weighted by atomic mass is 32.1. The van der Waals surface area contributed by atoms with Crippen molar-refractivity contribution in [3.05, 3.63) is 65.2 Å². The van der Waals surface area contributed by atoms with Crippen molar-refractivity contribution in [1.29, 1.82) is 5.26 Å². The molecule has 322 valence electrons. The first-order valence-electron chi connectivity index (χ1n) is 18.8. The molecule has 9 atom stereocenters. The van der Waals surface area contributed by atoms with Crippen LogP contribution in [0.2, 0.25) is 0 Å². The van der Waals surface area contributed by atoms with Gasteiger partial charge in [-0.05, 0) is 18.6 Å². The summed E-state index contributed by atoms with van der Waals surface area (Å²) in [7, 11) is -2.59. The molecule has 2 amide bonds. The molecule has 7 rings (SSSR count). The molecule has 6 heterocycles. The highest BCUT2D eigenvalue weighted by Gasteiger charge is 2.51. The molecule has 1 unspecified atom stereocenters. The third-order valence-corrected chi connectivity index (χ3v) is 10.8. The summed E-state index contributed by atoms with van der Waals surface area (Å²) in [6.07, 6.45) is -8.50. The van der Waals surface area contributed by atoms with Gasteiger partial charge in [-0.15, -0.1) is 0 Å². The van der Waals surface area contributed by atoms with Gasteiger partial charge >= 0.3 is 13.9 Å². The van der Waals surface area contributed by atoms with Crippen molar-refractivity contribution in [2.75, 3.05) is 23.8 Å². The second kappa shape index (κ2) is 19.0. The van der Waals surface area contributed by atoms with E-state index < -0.39 is 93.0 Å². The number of aromatic nitrogens is 8. The molecule has 3 N–H and O–H groups in total. The van der Waals surface area contributed by atoms with Crippen molar-refractivity contribution in [1.82, 2.24) is 39.0 Å². The number of carbonyl (C=O) groups excluding carboxylic acids is 3. The first-order valence-corrected chi connectivity index (χ1v) is 20.3. The number of rotatable bonds is 16. The fourth-order valence-corrected chi connectivity index (χ4v) is 7.74. The molecular weight excluding hydrogens is 847 g/mol. The summed E-state index contributed by atoms with van der Waals surface area (Å²) in [5.41, 5.74) is -0.345. The fraction of sp³-hybridized carbons (Fsp3) is 0.444. The number of hydrogen-bond donors (Lipinski definition) is 4. The third-order valence-electron chi connectivity index (χ3n) is 9.51. The van der Waals surface area contributed by atoms with Gasteiger partial charge in [-0.25, -0.2) is 33.5 Å². The molecule has 2 aliphatic rings. The number of ether oxygens (including phenoxy) is 3. The van der Waals surface area contributed by atoms with Gasteiger partial charge < -0.3 is 33.1 Å². The van der Waals surface area contributed by atoms with E-state index in [1.807, 2.05) is 6.07 Å². The summed E-state index contributed by atoms with van der Waals surface area (Å²) in [4.78, 5) is 73.8. The van der Waals surface area contributed by atoms with Crippen LogP contribution in [0.3, 0.4) is 0 Å². The lowest BCUT2D eigenvalue weighted by atomic mass is 10.1. The molecule has 4 aromatic heterocycles. The molecule has 1 aromatic carbocycles. The van der Waals surface area contributed by atoms with E-state index in [1.165, 1.54) is 21.8 Å². The predicted octanol–water partition coefficient (Wildman–Crippen LogP) is 4.68. The van der Waals surface area contributed by atoms with E-state index in [2.05, 4.69) is 53.2 Å². The molecule has 0 bridgehead atoms. The lowest BCUT2D eigenvalue weighted by Crippen LogP contribution is -2.35. The number of hydrogen-bond acceptors (Lipinski definition) is 16. The van der Waals surface area contributed by atoms with Crippen LogP contribution in [0.15, 0.2) is 54.1 Å². The minimum absolute atomic E-state index is 0.0387. The monoisotopic (exact) mass is 885 g/mol. The first-order chi connectivity index (χ1) is 29.4. The SMILES string of the molecule is CC[C@H]1O[C@@H](n2cnc3c(=O)[nH]c(NC(=O)C(C)C)nc32)[C@H](OP(OCCC#N)OC[C@H]2O[C@@H](n3cnc4c(NC(=O)c5ccccc5)ncnc43)[C@@H](F)[C@@H]2OC(=O)S)[C@@H]1F. The summed E-state index contributed by atoms with van der Waals surface area (Å²) in [6.45, 7) is 4.21. The maximum absolute atomic E-state index is 16.3. The minimum Gasteiger partial charge on any atom is -0.448 e. The second-order valence-corrected chi connectivity index (χ2v) is 15.4. The normalized spacial score (nSPS) is 24.2. The van der Waals surface area contributed by atoms with E-state index in [-0.39, 0.29) is 53.5 Å². The zero-order chi connectivity index (χ0) is 43.4. The molecule has 61 heavy (non-hydrogen) atoms. The fourth-order valence-electron chi connectivity index (χ4n) is 6.49. The van der Waals surface area contributed by atoms with Crippen LogP contribution in [0, 0.1) is 17.2 Å². The summed E-state index contributed by atoms with van der Waals surface area (Å²) < 4.78 is 70.3. The Morgan fingerprint density at radius 2 is 1.69 bits per heavy atom. The Balaban J connectivity index is 1.12. The standard InChI is InChI=1S/C36H38F2N11O10PS/c1-4-19-21(37)26(34(56-19)49-16-43-24-29(49)45-35(47-32(24)52)46-30(50)17(2)3)59-60(54-12-8-11-39)55-13-20-25(58-36(53)61)22(38)33(57-20)48-15-42-23-27(40-14-41-28(23)48)44-31(51)18-9-6-5-7-10-18/h5-7,9-10,14-17,19-22,25-26,33-34H,4,8,12-13H2,1-3H3,(H,53,61)(H,40,41,44,51)(H2,45,46,47,50,52)/t19-,20-,21-,22+,25-,26-,33-,34-,60?/m1/s1. The number of nitriles is 1. The number of halogens is 2. The summed E-state index contributed by atoms with van der Waals surface area (Å²) in [5, 5.41) is 13.3. The predicted molar refractivity (Wildman–Crippen MR) is 212 cm³/mol. The first kappa shape index (κ1) is 43.5. The van der Waals surface area contributed by atoms with E-state index in [9.17, 15) is 24.4 Å². The Morgan fingerprint density at radius 3 is 2.39 bits per heavy atom. The minimum atomic E-state index is -2.59. The van der Waals surface area contributed by atoms with E-state index >= 15 is 8.78 Å². The number of aromatic amines is 1. The van der Waals surface area contributed by atoms with Gasteiger partial charge in [0.25, 0.3) is 11.5 Å². The lowest BCUT2D eigenvalue weighted by molar-refractivity contribution is -0.118. The Hall–Kier alpha value is -5.54. The number of thiol groups is 1. The van der Waals surface area contributed by atoms with Crippen molar-refractivity contribution in [3.8, 4) is 6.07 Å². The van der Waals surface area contributed by atoms with Gasteiger partial charge in [-0.2, -0.15) is 10.2 Å². The molecule has 0 radical (unpaired) electrons. The maximum atomic E-state index is 16.3. The highest BCUT2D eigenvalue weighted by molar-refractivity contribution is 7.96. The van der Waals surface area contributed by atoms with E-state index in [0.717, 1.165) is 6.33 Å². The van der Waals surface area contributed by atoms with Crippen LogP contribution in [-0.4, -0.2) is 106 Å². The maximum Gasteiger partial charge on any atom is 0.364 e. The molecule has 2 fully saturated rings. The zero-order valence-electron chi connectivity index (χ0n) is 32.5. The van der Waals surface area contributed by atoms with Gasteiger partial charge in [0.15, 0.2) is 59.0 Å². The number of alkyl halides is 2. The number of nitrogens with one attached hydrogen (secondary N) is 3. The quantitative estimate of drug-likeness (QED) is 0.0454. The molecule has 0 saturated carbocycles.